The van der Waals surface area contributed by atoms with E-state index in [0.29, 0.717) is 43.6 Å². The van der Waals surface area contributed by atoms with Crippen LogP contribution in [-0.2, 0) is 21.5 Å². The molecule has 7 nitrogen and oxygen atoms in total. The summed E-state index contributed by atoms with van der Waals surface area (Å²) in [5.74, 6) is 2.05. The number of anilines is 1. The zero-order valence-electron chi connectivity index (χ0n) is 20.0. The van der Waals surface area contributed by atoms with Gasteiger partial charge in [-0.25, -0.2) is 0 Å². The monoisotopic (exact) mass is 484 g/mol. The molecule has 4 aliphatic rings. The predicted molar refractivity (Wildman–Crippen MR) is 134 cm³/mol. The maximum atomic E-state index is 14.3. The number of rotatable bonds is 4. The van der Waals surface area contributed by atoms with E-state index in [2.05, 4.69) is 29.2 Å². The van der Waals surface area contributed by atoms with Gasteiger partial charge in [0.2, 0.25) is 5.91 Å². The van der Waals surface area contributed by atoms with Crippen molar-refractivity contribution in [3.8, 4) is 17.2 Å². The van der Waals surface area contributed by atoms with Crippen LogP contribution in [0.2, 0.25) is 0 Å². The highest BCUT2D eigenvalue weighted by molar-refractivity contribution is 6.11. The molecular formula is C29H28N2O5. The summed E-state index contributed by atoms with van der Waals surface area (Å²) in [4.78, 5) is 18.6. The first kappa shape index (κ1) is 21.7. The number of amides is 1. The Morgan fingerprint density at radius 3 is 2.47 bits per heavy atom. The lowest BCUT2D eigenvalue weighted by molar-refractivity contribution is -0.123. The number of nitrogens with zero attached hydrogens (tertiary/aromatic N) is 2. The molecule has 4 aliphatic heterocycles. The van der Waals surface area contributed by atoms with Gasteiger partial charge in [0.05, 0.1) is 19.3 Å². The molecule has 184 valence electrons. The molecule has 7 rings (SSSR count). The van der Waals surface area contributed by atoms with Gasteiger partial charge in [-0.2, -0.15) is 0 Å². The molecule has 7 heteroatoms. The Balaban J connectivity index is 1.19. The molecular weight excluding hydrogens is 456 g/mol. The number of morpholine rings is 1. The molecule has 0 aliphatic carbocycles. The lowest BCUT2D eigenvalue weighted by atomic mass is 9.77. The van der Waals surface area contributed by atoms with E-state index in [1.165, 1.54) is 5.56 Å². The fourth-order valence-corrected chi connectivity index (χ4v) is 5.97. The third-order valence-corrected chi connectivity index (χ3v) is 7.67. The molecule has 0 saturated carbocycles. The molecule has 0 aromatic heterocycles. The minimum atomic E-state index is -0.889. The van der Waals surface area contributed by atoms with E-state index in [4.69, 9.17) is 18.9 Å². The summed E-state index contributed by atoms with van der Waals surface area (Å²) in [6.45, 7) is 4.97. The second-order valence-corrected chi connectivity index (χ2v) is 9.83. The first-order valence-corrected chi connectivity index (χ1v) is 12.6. The van der Waals surface area contributed by atoms with Crippen LogP contribution in [0.25, 0.3) is 0 Å². The summed E-state index contributed by atoms with van der Waals surface area (Å²) >= 11 is 0. The predicted octanol–water partition coefficient (Wildman–Crippen LogP) is 3.38. The van der Waals surface area contributed by atoms with Gasteiger partial charge >= 0.3 is 0 Å². The Kier molecular flexibility index (Phi) is 5.15. The van der Waals surface area contributed by atoms with Crippen LogP contribution in [0, 0.1) is 0 Å². The third-order valence-electron chi connectivity index (χ3n) is 7.67. The second-order valence-electron chi connectivity index (χ2n) is 9.83. The Hall–Kier alpha value is -3.55. The van der Waals surface area contributed by atoms with Crippen LogP contribution in [0.5, 0.6) is 17.2 Å². The summed E-state index contributed by atoms with van der Waals surface area (Å²) < 4.78 is 23.9. The molecule has 1 amide bonds. The van der Waals surface area contributed by atoms with Gasteiger partial charge in [-0.15, -0.1) is 0 Å². The van der Waals surface area contributed by atoms with Crippen molar-refractivity contribution in [2.45, 2.75) is 18.1 Å². The Bertz CT molecular complexity index is 1310. The van der Waals surface area contributed by atoms with Crippen LogP contribution in [0.4, 0.5) is 5.69 Å². The summed E-state index contributed by atoms with van der Waals surface area (Å²) in [6, 6.07) is 22.3. The maximum absolute atomic E-state index is 14.3. The van der Waals surface area contributed by atoms with Gasteiger partial charge in [0.15, 0.2) is 11.5 Å². The molecule has 0 bridgehead atoms. The van der Waals surface area contributed by atoms with E-state index in [1.807, 2.05) is 47.4 Å². The highest BCUT2D eigenvalue weighted by Gasteiger charge is 2.57. The lowest BCUT2D eigenvalue weighted by Gasteiger charge is -2.35. The minimum Gasteiger partial charge on any atom is -0.491 e. The van der Waals surface area contributed by atoms with Gasteiger partial charge in [-0.3, -0.25) is 9.69 Å². The molecule has 3 aromatic rings. The van der Waals surface area contributed by atoms with Crippen LogP contribution in [0.3, 0.4) is 0 Å². The topological polar surface area (TPSA) is 60.5 Å². The van der Waals surface area contributed by atoms with Gasteiger partial charge in [-0.05, 0) is 23.3 Å². The van der Waals surface area contributed by atoms with Crippen molar-refractivity contribution in [3.63, 3.8) is 0 Å². The fourth-order valence-electron chi connectivity index (χ4n) is 5.97. The molecule has 36 heavy (non-hydrogen) atoms. The van der Waals surface area contributed by atoms with Crippen LogP contribution in [0.15, 0.2) is 66.7 Å². The highest BCUT2D eigenvalue weighted by atomic mass is 16.6. The van der Waals surface area contributed by atoms with Crippen molar-refractivity contribution in [1.82, 2.24) is 4.90 Å². The first-order valence-electron chi connectivity index (χ1n) is 12.6. The quantitative estimate of drug-likeness (QED) is 0.566. The van der Waals surface area contributed by atoms with E-state index in [0.717, 1.165) is 36.4 Å². The molecule has 0 N–H and O–H groups in total. The molecule has 2 atom stereocenters. The normalized spacial score (nSPS) is 24.5. The molecule has 3 aromatic carbocycles. The van der Waals surface area contributed by atoms with Crippen molar-refractivity contribution in [1.29, 1.82) is 0 Å². The number of hydrogen-bond acceptors (Lipinski definition) is 6. The Morgan fingerprint density at radius 1 is 0.833 bits per heavy atom. The zero-order valence-corrected chi connectivity index (χ0v) is 20.0. The van der Waals surface area contributed by atoms with Crippen LogP contribution in [-0.4, -0.2) is 63.0 Å². The zero-order chi connectivity index (χ0) is 24.1. The van der Waals surface area contributed by atoms with Gasteiger partial charge in [0.25, 0.3) is 0 Å². The van der Waals surface area contributed by atoms with Crippen molar-refractivity contribution >= 4 is 11.6 Å². The van der Waals surface area contributed by atoms with Gasteiger partial charge in [0, 0.05) is 37.0 Å². The van der Waals surface area contributed by atoms with Crippen LogP contribution >= 0.6 is 0 Å². The maximum Gasteiger partial charge on any atom is 0.245 e. The summed E-state index contributed by atoms with van der Waals surface area (Å²) in [5.41, 5.74) is 3.15. The van der Waals surface area contributed by atoms with Gasteiger partial charge in [0.1, 0.15) is 31.0 Å². The highest BCUT2D eigenvalue weighted by Crippen LogP contribution is 2.54. The van der Waals surface area contributed by atoms with E-state index in [1.54, 1.807) is 0 Å². The third kappa shape index (κ3) is 3.38. The van der Waals surface area contributed by atoms with E-state index in [9.17, 15) is 4.79 Å². The number of para-hydroxylation sites is 1. The van der Waals surface area contributed by atoms with Crippen LogP contribution in [0.1, 0.15) is 16.7 Å². The number of carbonyl (C=O) groups excluding carboxylic acids is 1. The van der Waals surface area contributed by atoms with Crippen molar-refractivity contribution < 1.29 is 23.7 Å². The summed E-state index contributed by atoms with van der Waals surface area (Å²) in [6.07, 6.45) is -0.0725. The van der Waals surface area contributed by atoms with Crippen molar-refractivity contribution in [3.05, 3.63) is 83.4 Å². The number of benzene rings is 3. The Morgan fingerprint density at radius 2 is 1.61 bits per heavy atom. The van der Waals surface area contributed by atoms with Gasteiger partial charge in [-0.1, -0.05) is 48.5 Å². The van der Waals surface area contributed by atoms with Crippen LogP contribution < -0.4 is 19.1 Å². The van der Waals surface area contributed by atoms with E-state index >= 15 is 0 Å². The van der Waals surface area contributed by atoms with Crippen molar-refractivity contribution in [2.24, 2.45) is 0 Å². The van der Waals surface area contributed by atoms with E-state index < -0.39 is 5.41 Å². The number of hydrogen-bond donors (Lipinski definition) is 0. The number of fused-ring (bicyclic) bond motifs is 5. The molecule has 1 spiro atoms. The van der Waals surface area contributed by atoms with E-state index in [-0.39, 0.29) is 18.6 Å². The lowest BCUT2D eigenvalue weighted by Crippen LogP contribution is -2.50. The second kappa shape index (κ2) is 8.54. The summed E-state index contributed by atoms with van der Waals surface area (Å²) in [7, 11) is 0. The van der Waals surface area contributed by atoms with Crippen molar-refractivity contribution in [2.75, 3.05) is 51.0 Å². The smallest absolute Gasteiger partial charge is 0.245 e. The average molecular weight is 485 g/mol. The standard InChI is InChI=1S/C29H28N2O5/c32-28-29(19-36-25-15-27-26(14-23(25)29)34-12-13-35-27)22-8-4-5-9-24(22)31(28)18-21-17-30(10-11-33-21)16-20-6-2-1-3-7-20/h1-9,14-15,21H,10-13,16-19H2/t21-,29?/m0/s1. The molecule has 1 fully saturated rings. The molecule has 4 heterocycles. The molecule has 1 saturated heterocycles. The fraction of sp³-hybridized carbons (Fsp3) is 0.345. The first-order chi connectivity index (χ1) is 17.7. The number of carbonyl (C=O) groups is 1. The average Bonchev–Trinajstić information content (AvgIpc) is 3.40. The Labute approximate surface area is 210 Å². The minimum absolute atomic E-state index is 0.0305. The molecule has 1 unspecified atom stereocenters. The van der Waals surface area contributed by atoms with Gasteiger partial charge < -0.3 is 23.8 Å². The largest absolute Gasteiger partial charge is 0.491 e. The summed E-state index contributed by atoms with van der Waals surface area (Å²) in [5, 5.41) is 0. The molecule has 0 radical (unpaired) electrons. The number of ether oxygens (including phenoxy) is 4. The SMILES string of the molecule is O=C1N(C[C@@H]2CN(Cc3ccccc3)CCO2)c2ccccc2C12COc1cc3c(cc12)OCCO3.